The zero-order valence-electron chi connectivity index (χ0n) is 19.2. The van der Waals surface area contributed by atoms with Crippen molar-refractivity contribution in [2.24, 2.45) is 0 Å². The Morgan fingerprint density at radius 2 is 1.74 bits per heavy atom. The number of nitro benzene ring substituents is 2. The normalized spacial score (nSPS) is 11.4. The fourth-order valence-electron chi connectivity index (χ4n) is 3.59. The van der Waals surface area contributed by atoms with Crippen molar-refractivity contribution in [3.05, 3.63) is 84.7 Å². The van der Waals surface area contributed by atoms with E-state index in [1.165, 1.54) is 19.2 Å². The summed E-state index contributed by atoms with van der Waals surface area (Å²) in [4.78, 5) is 37.9. The number of halogens is 4. The van der Waals surface area contributed by atoms with Crippen molar-refractivity contribution >= 4 is 40.2 Å². The highest BCUT2D eigenvalue weighted by molar-refractivity contribution is 6.37. The van der Waals surface area contributed by atoms with Gasteiger partial charge in [0.2, 0.25) is 0 Å². The maximum Gasteiger partial charge on any atom is 0.433 e. The van der Waals surface area contributed by atoms with Gasteiger partial charge in [-0.3, -0.25) is 25.0 Å². The number of aromatic nitrogens is 3. The summed E-state index contributed by atoms with van der Waals surface area (Å²) in [6, 6.07) is 8.53. The zero-order valence-corrected chi connectivity index (χ0v) is 20.0. The van der Waals surface area contributed by atoms with Crippen LogP contribution in [-0.2, 0) is 6.18 Å². The third-order valence-corrected chi connectivity index (χ3v) is 5.76. The number of alkyl halides is 3. The van der Waals surface area contributed by atoms with E-state index in [4.69, 9.17) is 16.3 Å². The van der Waals surface area contributed by atoms with E-state index in [2.05, 4.69) is 15.4 Å². The molecule has 0 atom stereocenters. The summed E-state index contributed by atoms with van der Waals surface area (Å²) in [7, 11) is 1.38. The van der Waals surface area contributed by atoms with Gasteiger partial charge in [-0.15, -0.1) is 0 Å². The van der Waals surface area contributed by atoms with Crippen LogP contribution in [0.1, 0.15) is 21.7 Å². The Hall–Kier alpha value is -4.79. The number of amides is 1. The molecule has 0 unspecified atom stereocenters. The number of carbonyl (C=O) groups is 1. The fraction of sp³-hybridized carbons (Fsp3) is 0.136. The molecule has 0 fully saturated rings. The molecule has 4 rings (SSSR count). The van der Waals surface area contributed by atoms with Crippen LogP contribution in [0.4, 0.5) is 30.2 Å². The van der Waals surface area contributed by atoms with E-state index in [0.717, 1.165) is 25.1 Å². The number of carbonyl (C=O) groups excluding carboxylic acids is 1. The minimum absolute atomic E-state index is 0.137. The van der Waals surface area contributed by atoms with Crippen LogP contribution in [0, 0.1) is 27.2 Å². The van der Waals surface area contributed by atoms with E-state index in [-0.39, 0.29) is 22.5 Å². The Balaban J connectivity index is 1.84. The molecule has 0 aliphatic rings. The summed E-state index contributed by atoms with van der Waals surface area (Å²) in [6.45, 7) is 1.16. The summed E-state index contributed by atoms with van der Waals surface area (Å²) in [6.07, 6.45) is -4.93. The van der Waals surface area contributed by atoms with Crippen molar-refractivity contribution in [2.75, 3.05) is 12.4 Å². The molecule has 0 aliphatic heterocycles. The van der Waals surface area contributed by atoms with Gasteiger partial charge < -0.3 is 10.1 Å². The molecule has 38 heavy (non-hydrogen) atoms. The molecule has 196 valence electrons. The van der Waals surface area contributed by atoms with Crippen LogP contribution in [0.3, 0.4) is 0 Å². The largest absolute Gasteiger partial charge is 0.497 e. The summed E-state index contributed by atoms with van der Waals surface area (Å²) in [5, 5.41) is 27.9. The SMILES string of the molecule is COc1cccc(-c2cc(C(F)(F)F)n3nc(C(=O)Nc4cc([N+](=O)[O-])c(C)c([N+](=O)[O-])c4)c(Cl)c3n2)c1. The first kappa shape index (κ1) is 26.3. The summed E-state index contributed by atoms with van der Waals surface area (Å²) >= 11 is 6.23. The lowest BCUT2D eigenvalue weighted by atomic mass is 10.1. The van der Waals surface area contributed by atoms with Gasteiger partial charge in [0.25, 0.3) is 17.3 Å². The first-order valence-corrected chi connectivity index (χ1v) is 10.7. The number of rotatable bonds is 6. The first-order chi connectivity index (χ1) is 17.8. The number of benzene rings is 2. The van der Waals surface area contributed by atoms with Gasteiger partial charge in [0.15, 0.2) is 17.0 Å². The first-order valence-electron chi connectivity index (χ1n) is 10.4. The Kier molecular flexibility index (Phi) is 6.63. The van der Waals surface area contributed by atoms with Gasteiger partial charge in [-0.25, -0.2) is 9.50 Å². The third-order valence-electron chi connectivity index (χ3n) is 5.41. The Morgan fingerprint density at radius 1 is 1.11 bits per heavy atom. The molecule has 12 nitrogen and oxygen atoms in total. The average Bonchev–Trinajstić information content (AvgIpc) is 3.19. The molecule has 1 amide bonds. The second-order valence-electron chi connectivity index (χ2n) is 7.76. The quantitative estimate of drug-likeness (QED) is 0.245. The smallest absolute Gasteiger partial charge is 0.433 e. The predicted molar refractivity (Wildman–Crippen MR) is 127 cm³/mol. The second kappa shape index (κ2) is 9.59. The molecule has 0 bridgehead atoms. The maximum absolute atomic E-state index is 13.9. The predicted octanol–water partition coefficient (Wildman–Crippen LogP) is 5.45. The van der Waals surface area contributed by atoms with Gasteiger partial charge in [0, 0.05) is 17.7 Å². The van der Waals surface area contributed by atoms with Gasteiger partial charge in [0.05, 0.1) is 28.3 Å². The van der Waals surface area contributed by atoms with Crippen LogP contribution in [0.2, 0.25) is 5.02 Å². The van der Waals surface area contributed by atoms with E-state index in [9.17, 15) is 38.2 Å². The van der Waals surface area contributed by atoms with E-state index in [0.29, 0.717) is 10.3 Å². The molecular weight excluding hydrogens is 537 g/mol. The van der Waals surface area contributed by atoms with Crippen molar-refractivity contribution in [3.63, 3.8) is 0 Å². The Morgan fingerprint density at radius 3 is 2.29 bits per heavy atom. The number of methoxy groups -OCH3 is 1. The molecule has 2 aromatic carbocycles. The molecule has 2 heterocycles. The summed E-state index contributed by atoms with van der Waals surface area (Å²) in [5.41, 5.74) is -4.28. The van der Waals surface area contributed by atoms with E-state index >= 15 is 0 Å². The molecule has 2 aromatic heterocycles. The highest BCUT2D eigenvalue weighted by Gasteiger charge is 2.37. The number of nitrogens with zero attached hydrogens (tertiary/aromatic N) is 5. The fourth-order valence-corrected chi connectivity index (χ4v) is 3.84. The highest BCUT2D eigenvalue weighted by atomic mass is 35.5. The molecule has 16 heteroatoms. The van der Waals surface area contributed by atoms with Crippen LogP contribution in [0.5, 0.6) is 5.75 Å². The van der Waals surface area contributed by atoms with Crippen molar-refractivity contribution in [3.8, 4) is 17.0 Å². The molecule has 0 aliphatic carbocycles. The number of hydrogen-bond acceptors (Lipinski definition) is 8. The maximum atomic E-state index is 13.9. The van der Waals surface area contributed by atoms with Crippen molar-refractivity contribution in [1.29, 1.82) is 0 Å². The van der Waals surface area contributed by atoms with Crippen molar-refractivity contribution < 1.29 is 32.5 Å². The molecule has 0 radical (unpaired) electrons. The van der Waals surface area contributed by atoms with Gasteiger partial charge in [0.1, 0.15) is 16.3 Å². The van der Waals surface area contributed by atoms with Crippen LogP contribution in [0.25, 0.3) is 16.9 Å². The van der Waals surface area contributed by atoms with Crippen LogP contribution >= 0.6 is 11.6 Å². The van der Waals surface area contributed by atoms with Gasteiger partial charge in [-0.2, -0.15) is 18.3 Å². The van der Waals surface area contributed by atoms with Crippen LogP contribution < -0.4 is 10.1 Å². The number of nitrogens with one attached hydrogen (secondary N) is 1. The lowest BCUT2D eigenvalue weighted by Crippen LogP contribution is -2.16. The van der Waals surface area contributed by atoms with Crippen LogP contribution in [-0.4, -0.2) is 37.5 Å². The Bertz CT molecular complexity index is 1600. The molecular formula is C22H14ClF3N6O6. The molecule has 1 N–H and O–H groups in total. The minimum Gasteiger partial charge on any atom is -0.497 e. The van der Waals surface area contributed by atoms with E-state index < -0.39 is 55.4 Å². The topological polar surface area (TPSA) is 155 Å². The zero-order chi connectivity index (χ0) is 27.9. The van der Waals surface area contributed by atoms with Crippen molar-refractivity contribution in [2.45, 2.75) is 13.1 Å². The third kappa shape index (κ3) is 4.78. The minimum atomic E-state index is -4.93. The monoisotopic (exact) mass is 550 g/mol. The number of ether oxygens (including phenoxy) is 1. The summed E-state index contributed by atoms with van der Waals surface area (Å²) in [5.74, 6) is -0.817. The number of hydrogen-bond donors (Lipinski definition) is 1. The van der Waals surface area contributed by atoms with E-state index in [1.54, 1.807) is 12.1 Å². The highest BCUT2D eigenvalue weighted by Crippen LogP contribution is 2.36. The Labute approximate surface area is 214 Å². The molecule has 0 spiro atoms. The van der Waals surface area contributed by atoms with Crippen LogP contribution in [0.15, 0.2) is 42.5 Å². The van der Waals surface area contributed by atoms with Gasteiger partial charge in [-0.1, -0.05) is 23.7 Å². The molecule has 0 saturated heterocycles. The van der Waals surface area contributed by atoms with E-state index in [1.807, 2.05) is 0 Å². The van der Waals surface area contributed by atoms with Crippen molar-refractivity contribution in [1.82, 2.24) is 14.6 Å². The van der Waals surface area contributed by atoms with Gasteiger partial charge in [-0.05, 0) is 25.1 Å². The lowest BCUT2D eigenvalue weighted by molar-refractivity contribution is -0.395. The standard InChI is InChI=1S/C22H14ClF3N6O6/c1-10-15(31(34)35)7-12(8-16(10)32(36)37)27-21(33)19-18(23)20-28-14(11-4-3-5-13(6-11)38-2)9-17(22(24,25)26)30(20)29-19/h3-9H,1-2H3,(H,27,33). The lowest BCUT2D eigenvalue weighted by Gasteiger charge is -2.11. The number of nitro groups is 2. The second-order valence-corrected chi connectivity index (χ2v) is 8.14. The number of anilines is 1. The summed E-state index contributed by atoms with van der Waals surface area (Å²) < 4.78 is 47.3. The van der Waals surface area contributed by atoms with Gasteiger partial charge >= 0.3 is 6.18 Å². The average molecular weight is 551 g/mol. The number of fused-ring (bicyclic) bond motifs is 1. The molecule has 0 saturated carbocycles. The molecule has 4 aromatic rings.